The normalized spacial score (nSPS) is 36.5. The third kappa shape index (κ3) is 2.49. The van der Waals surface area contributed by atoms with Crippen LogP contribution < -0.4 is 0 Å². The largest absolute Gasteiger partial charge is 0.502 e. The molecule has 1 fully saturated rings. The minimum atomic E-state index is -0.655. The van der Waals surface area contributed by atoms with Gasteiger partial charge in [-0.1, -0.05) is 0 Å². The van der Waals surface area contributed by atoms with Gasteiger partial charge < -0.3 is 14.2 Å². The van der Waals surface area contributed by atoms with Gasteiger partial charge in [0.15, 0.2) is 5.79 Å². The quantitative estimate of drug-likeness (QED) is 0.655. The molecule has 2 unspecified atom stereocenters. The summed E-state index contributed by atoms with van der Waals surface area (Å²) in [5.74, 6) is -0.655. The van der Waals surface area contributed by atoms with Crippen molar-refractivity contribution in [3.05, 3.63) is 12.3 Å². The van der Waals surface area contributed by atoms with E-state index in [2.05, 4.69) is 0 Å². The molecule has 0 aromatic carbocycles. The molecule has 82 valence electrons. The lowest BCUT2D eigenvalue weighted by Crippen LogP contribution is -2.31. The molecule has 1 heterocycles. The standard InChI is InChI=1S/C11H20O3/c1-6-12-8-7-11(5)13-9(2)10(3,4)14-11/h7-9H,6H2,1-5H3/b8-7+. The van der Waals surface area contributed by atoms with Crippen LogP contribution in [0.4, 0.5) is 0 Å². The topological polar surface area (TPSA) is 27.7 Å². The average Bonchev–Trinajstić information content (AvgIpc) is 2.22. The minimum Gasteiger partial charge on any atom is -0.502 e. The second-order valence-corrected chi connectivity index (χ2v) is 4.24. The van der Waals surface area contributed by atoms with Crippen LogP contribution >= 0.6 is 0 Å². The fraction of sp³-hybridized carbons (Fsp3) is 0.818. The average molecular weight is 200 g/mol. The van der Waals surface area contributed by atoms with Gasteiger partial charge >= 0.3 is 0 Å². The highest BCUT2D eigenvalue weighted by Gasteiger charge is 2.46. The first-order valence-corrected chi connectivity index (χ1v) is 5.07. The van der Waals surface area contributed by atoms with Gasteiger partial charge in [0.1, 0.15) is 0 Å². The summed E-state index contributed by atoms with van der Waals surface area (Å²) < 4.78 is 16.7. The molecule has 0 radical (unpaired) electrons. The van der Waals surface area contributed by atoms with Crippen LogP contribution in [-0.4, -0.2) is 24.1 Å². The van der Waals surface area contributed by atoms with Gasteiger partial charge in [-0.2, -0.15) is 0 Å². The second kappa shape index (κ2) is 3.91. The minimum absolute atomic E-state index is 0.0822. The summed E-state index contributed by atoms with van der Waals surface area (Å²) in [4.78, 5) is 0. The van der Waals surface area contributed by atoms with Gasteiger partial charge in [-0.3, -0.25) is 0 Å². The zero-order chi connectivity index (χ0) is 10.8. The van der Waals surface area contributed by atoms with E-state index in [0.717, 1.165) is 0 Å². The Hall–Kier alpha value is -0.540. The molecule has 14 heavy (non-hydrogen) atoms. The molecule has 1 rings (SSSR count). The summed E-state index contributed by atoms with van der Waals surface area (Å²) in [6.07, 6.45) is 3.52. The molecule has 0 amide bonds. The van der Waals surface area contributed by atoms with Gasteiger partial charge in [0.25, 0.3) is 0 Å². The maximum atomic E-state index is 5.81. The van der Waals surface area contributed by atoms with E-state index in [1.165, 1.54) is 0 Å². The fourth-order valence-corrected chi connectivity index (χ4v) is 1.46. The number of rotatable bonds is 3. The molecule has 1 saturated heterocycles. The molecule has 1 aliphatic rings. The van der Waals surface area contributed by atoms with Gasteiger partial charge in [0.2, 0.25) is 0 Å². The first kappa shape index (κ1) is 11.5. The van der Waals surface area contributed by atoms with Crippen molar-refractivity contribution in [2.75, 3.05) is 6.61 Å². The Balaban J connectivity index is 2.61. The van der Waals surface area contributed by atoms with Crippen molar-refractivity contribution in [2.24, 2.45) is 0 Å². The Labute approximate surface area is 86.0 Å². The van der Waals surface area contributed by atoms with Crippen molar-refractivity contribution >= 4 is 0 Å². The molecule has 0 N–H and O–H groups in total. The predicted molar refractivity (Wildman–Crippen MR) is 54.9 cm³/mol. The highest BCUT2D eigenvalue weighted by molar-refractivity contribution is 4.98. The summed E-state index contributed by atoms with van der Waals surface area (Å²) in [6.45, 7) is 10.6. The third-order valence-corrected chi connectivity index (χ3v) is 2.49. The van der Waals surface area contributed by atoms with Crippen LogP contribution in [-0.2, 0) is 14.2 Å². The Morgan fingerprint density at radius 1 is 1.36 bits per heavy atom. The highest BCUT2D eigenvalue weighted by atomic mass is 16.8. The summed E-state index contributed by atoms with van der Waals surface area (Å²) in [6, 6.07) is 0. The van der Waals surface area contributed by atoms with E-state index in [0.29, 0.717) is 6.61 Å². The van der Waals surface area contributed by atoms with Gasteiger partial charge in [0, 0.05) is 6.08 Å². The SMILES string of the molecule is CCO/C=C/C1(C)OC(C)C(C)(C)O1. The lowest BCUT2D eigenvalue weighted by Gasteiger charge is -2.22. The zero-order valence-electron chi connectivity index (χ0n) is 9.66. The molecule has 0 aliphatic carbocycles. The monoisotopic (exact) mass is 200 g/mol. The Morgan fingerprint density at radius 3 is 2.43 bits per heavy atom. The maximum Gasteiger partial charge on any atom is 0.189 e. The molecule has 0 aromatic rings. The lowest BCUT2D eigenvalue weighted by molar-refractivity contribution is -0.134. The van der Waals surface area contributed by atoms with E-state index in [1.54, 1.807) is 6.26 Å². The molecule has 3 heteroatoms. The van der Waals surface area contributed by atoms with Crippen LogP contribution in [0.1, 0.15) is 34.6 Å². The molecule has 0 aromatic heterocycles. The predicted octanol–water partition coefficient (Wildman–Crippen LogP) is 2.47. The van der Waals surface area contributed by atoms with Crippen LogP contribution in [0, 0.1) is 0 Å². The molecular weight excluding hydrogens is 180 g/mol. The Morgan fingerprint density at radius 2 is 2.00 bits per heavy atom. The van der Waals surface area contributed by atoms with Crippen molar-refractivity contribution in [1.29, 1.82) is 0 Å². The Bertz CT molecular complexity index is 223. The van der Waals surface area contributed by atoms with E-state index in [9.17, 15) is 0 Å². The summed E-state index contributed by atoms with van der Waals surface area (Å²) in [7, 11) is 0. The zero-order valence-corrected chi connectivity index (χ0v) is 9.66. The molecule has 0 saturated carbocycles. The van der Waals surface area contributed by atoms with Gasteiger partial charge in [0.05, 0.1) is 24.6 Å². The molecule has 1 aliphatic heterocycles. The van der Waals surface area contributed by atoms with Crippen LogP contribution in [0.2, 0.25) is 0 Å². The van der Waals surface area contributed by atoms with Crippen molar-refractivity contribution in [1.82, 2.24) is 0 Å². The summed E-state index contributed by atoms with van der Waals surface area (Å²) >= 11 is 0. The van der Waals surface area contributed by atoms with Gasteiger partial charge in [-0.15, -0.1) is 0 Å². The first-order chi connectivity index (χ1) is 6.40. The molecule has 3 nitrogen and oxygen atoms in total. The number of hydrogen-bond acceptors (Lipinski definition) is 3. The van der Waals surface area contributed by atoms with E-state index >= 15 is 0 Å². The van der Waals surface area contributed by atoms with Crippen LogP contribution in [0.25, 0.3) is 0 Å². The Kier molecular flexibility index (Phi) is 3.22. The van der Waals surface area contributed by atoms with Crippen molar-refractivity contribution in [2.45, 2.75) is 52.1 Å². The molecule has 2 atom stereocenters. The summed E-state index contributed by atoms with van der Waals surface area (Å²) in [5, 5.41) is 0. The fourth-order valence-electron chi connectivity index (χ4n) is 1.46. The highest BCUT2D eigenvalue weighted by Crippen LogP contribution is 2.36. The summed E-state index contributed by atoms with van der Waals surface area (Å²) in [5.41, 5.74) is -0.245. The van der Waals surface area contributed by atoms with Crippen molar-refractivity contribution < 1.29 is 14.2 Å². The van der Waals surface area contributed by atoms with Crippen molar-refractivity contribution in [3.8, 4) is 0 Å². The first-order valence-electron chi connectivity index (χ1n) is 5.07. The van der Waals surface area contributed by atoms with Crippen LogP contribution in [0.5, 0.6) is 0 Å². The molecule has 0 bridgehead atoms. The van der Waals surface area contributed by atoms with E-state index < -0.39 is 5.79 Å². The number of ether oxygens (including phenoxy) is 3. The second-order valence-electron chi connectivity index (χ2n) is 4.24. The molecular formula is C11H20O3. The van der Waals surface area contributed by atoms with Gasteiger partial charge in [-0.05, 0) is 34.6 Å². The maximum absolute atomic E-state index is 5.81. The van der Waals surface area contributed by atoms with Crippen LogP contribution in [0.3, 0.4) is 0 Å². The van der Waals surface area contributed by atoms with Gasteiger partial charge in [-0.25, -0.2) is 0 Å². The molecule has 0 spiro atoms. The number of hydrogen-bond donors (Lipinski definition) is 0. The van der Waals surface area contributed by atoms with Crippen LogP contribution in [0.15, 0.2) is 12.3 Å². The van der Waals surface area contributed by atoms with Crippen molar-refractivity contribution in [3.63, 3.8) is 0 Å². The smallest absolute Gasteiger partial charge is 0.189 e. The van der Waals surface area contributed by atoms with E-state index in [4.69, 9.17) is 14.2 Å². The van der Waals surface area contributed by atoms with E-state index in [1.807, 2.05) is 40.7 Å². The third-order valence-electron chi connectivity index (χ3n) is 2.49. The lowest BCUT2D eigenvalue weighted by atomic mass is 10.0. The van der Waals surface area contributed by atoms with E-state index in [-0.39, 0.29) is 11.7 Å².